The molecule has 0 bridgehead atoms. The van der Waals surface area contributed by atoms with Crippen LogP contribution in [0.1, 0.15) is 27.7 Å². The highest BCUT2D eigenvalue weighted by Gasteiger charge is 2.31. The monoisotopic (exact) mass is 295 g/mol. The predicted octanol–water partition coefficient (Wildman–Crippen LogP) is 1.83. The van der Waals surface area contributed by atoms with Gasteiger partial charge in [-0.15, -0.1) is 9.05 Å². The average molecular weight is 295 g/mol. The van der Waals surface area contributed by atoms with Crippen molar-refractivity contribution in [2.75, 3.05) is 19.8 Å². The second-order valence-electron chi connectivity index (χ2n) is 3.67. The maximum Gasteiger partial charge on any atom is 0.698 e. The molecule has 0 N–H and O–H groups in total. The molecule has 0 aromatic carbocycles. The highest BCUT2D eigenvalue weighted by molar-refractivity contribution is 7.33. The summed E-state index contributed by atoms with van der Waals surface area (Å²) in [5.74, 6) is -1.61. The van der Waals surface area contributed by atoms with Crippen molar-refractivity contribution in [1.82, 2.24) is 0 Å². The Morgan fingerprint density at radius 2 is 1.58 bits per heavy atom. The van der Waals surface area contributed by atoms with Crippen molar-refractivity contribution in [3.8, 4) is 0 Å². The lowest BCUT2D eigenvalue weighted by Gasteiger charge is -2.06. The Labute approximate surface area is 113 Å². The topological polar surface area (TPSA) is 88.1 Å². The van der Waals surface area contributed by atoms with Crippen LogP contribution in [-0.2, 0) is 32.7 Å². The molecule has 0 aromatic rings. The molecule has 7 nitrogen and oxygen atoms in total. The molecule has 8 heteroatoms. The summed E-state index contributed by atoms with van der Waals surface area (Å²) >= 11 is 0. The van der Waals surface area contributed by atoms with E-state index < -0.39 is 32.2 Å². The number of esters is 2. The average Bonchev–Trinajstić information content (AvgIpc) is 2.36. The first-order valence-corrected chi connectivity index (χ1v) is 7.12. The molecule has 0 rings (SSSR count). The van der Waals surface area contributed by atoms with E-state index in [4.69, 9.17) is 13.8 Å². The van der Waals surface area contributed by atoms with Crippen LogP contribution in [-0.4, -0.2) is 37.9 Å². The van der Waals surface area contributed by atoms with E-state index in [9.17, 15) is 14.2 Å². The minimum absolute atomic E-state index is 0.108. The van der Waals surface area contributed by atoms with Gasteiger partial charge < -0.3 is 9.47 Å². The van der Waals surface area contributed by atoms with Crippen molar-refractivity contribution in [1.29, 1.82) is 0 Å². The molecule has 0 aliphatic carbocycles. The van der Waals surface area contributed by atoms with Crippen LogP contribution in [0.3, 0.4) is 0 Å². The summed E-state index contributed by atoms with van der Waals surface area (Å²) in [7, 11) is -2.49. The summed E-state index contributed by atoms with van der Waals surface area (Å²) in [6.07, 6.45) is -0.985. The van der Waals surface area contributed by atoms with Crippen molar-refractivity contribution >= 4 is 20.2 Å². The maximum atomic E-state index is 11.4. The van der Waals surface area contributed by atoms with Crippen LogP contribution in [0, 0.1) is 5.92 Å². The second-order valence-corrected chi connectivity index (χ2v) is 4.59. The summed E-state index contributed by atoms with van der Waals surface area (Å²) in [5, 5.41) is 0. The second kappa shape index (κ2) is 9.83. The molecule has 0 aromatic heterocycles. The van der Waals surface area contributed by atoms with Gasteiger partial charge in [-0.05, 0) is 27.7 Å². The fourth-order valence-electron chi connectivity index (χ4n) is 0.987. The predicted molar refractivity (Wildman–Crippen MR) is 66.5 cm³/mol. The van der Waals surface area contributed by atoms with Crippen LogP contribution in [0.5, 0.6) is 0 Å². The number of ether oxygens (including phenoxy) is 2. The highest BCUT2D eigenvalue weighted by Crippen LogP contribution is 2.27. The van der Waals surface area contributed by atoms with Gasteiger partial charge >= 0.3 is 20.2 Å². The summed E-state index contributed by atoms with van der Waals surface area (Å²) in [6.45, 7) is 6.71. The molecule has 0 amide bonds. The van der Waals surface area contributed by atoms with Crippen LogP contribution in [0.25, 0.3) is 0 Å². The fraction of sp³-hybridized carbons (Fsp3) is 0.818. The minimum Gasteiger partial charge on any atom is -0.466 e. The summed E-state index contributed by atoms with van der Waals surface area (Å²) in [5.41, 5.74) is 0. The third-order valence-electron chi connectivity index (χ3n) is 1.98. The van der Waals surface area contributed by atoms with Crippen LogP contribution in [0.2, 0.25) is 0 Å². The van der Waals surface area contributed by atoms with E-state index in [0.717, 1.165) is 0 Å². The van der Waals surface area contributed by atoms with Crippen LogP contribution in [0.15, 0.2) is 0 Å². The van der Waals surface area contributed by atoms with Crippen LogP contribution >= 0.6 is 8.25 Å². The first kappa shape index (κ1) is 18.0. The SMILES string of the molecule is CCOC(=O)C(C)CO[P+](=O)OC(C)C(=O)OCC. The molecule has 0 saturated heterocycles. The third-order valence-corrected chi connectivity index (χ3v) is 2.83. The molecule has 0 spiro atoms. The Kier molecular flexibility index (Phi) is 9.30. The molecular formula is C11H20O7P+. The zero-order chi connectivity index (χ0) is 14.8. The zero-order valence-electron chi connectivity index (χ0n) is 11.6. The van der Waals surface area contributed by atoms with E-state index in [1.54, 1.807) is 20.8 Å². The van der Waals surface area contributed by atoms with Gasteiger partial charge in [0.25, 0.3) is 0 Å². The normalized spacial score (nSPS) is 14.4. The largest absolute Gasteiger partial charge is 0.698 e. The number of rotatable bonds is 9. The number of hydrogen-bond donors (Lipinski definition) is 0. The minimum atomic E-state index is -2.49. The zero-order valence-corrected chi connectivity index (χ0v) is 12.5. The van der Waals surface area contributed by atoms with Crippen LogP contribution in [0.4, 0.5) is 0 Å². The molecule has 3 unspecified atom stereocenters. The standard InChI is InChI=1S/C11H20O7P/c1-5-15-10(12)8(3)7-17-19(14)18-9(4)11(13)16-6-2/h8-9H,5-7H2,1-4H3/q+1. The Balaban J connectivity index is 3.98. The third kappa shape index (κ3) is 7.87. The van der Waals surface area contributed by atoms with Crippen molar-refractivity contribution < 1.29 is 32.7 Å². The molecule has 0 saturated carbocycles. The molecule has 0 aliphatic heterocycles. The summed E-state index contributed by atoms with van der Waals surface area (Å²) in [4.78, 5) is 22.5. The van der Waals surface area contributed by atoms with Gasteiger partial charge in [-0.25, -0.2) is 4.79 Å². The Bertz CT molecular complexity index is 318. The molecule has 110 valence electrons. The lowest BCUT2D eigenvalue weighted by molar-refractivity contribution is -0.151. The molecule has 0 heterocycles. The van der Waals surface area contributed by atoms with Gasteiger partial charge in [-0.3, -0.25) is 4.79 Å². The molecule has 3 atom stereocenters. The highest BCUT2D eigenvalue weighted by atomic mass is 31.1. The Morgan fingerprint density at radius 1 is 1.05 bits per heavy atom. The van der Waals surface area contributed by atoms with E-state index in [-0.39, 0.29) is 19.8 Å². The molecule has 0 radical (unpaired) electrons. The first-order valence-electron chi connectivity index (χ1n) is 6.02. The summed E-state index contributed by atoms with van der Waals surface area (Å²) < 4.78 is 30.5. The van der Waals surface area contributed by atoms with Crippen molar-refractivity contribution in [2.45, 2.75) is 33.8 Å². The molecule has 0 aliphatic rings. The quantitative estimate of drug-likeness (QED) is 0.473. The van der Waals surface area contributed by atoms with Gasteiger partial charge in [-0.1, -0.05) is 0 Å². The smallest absolute Gasteiger partial charge is 0.466 e. The first-order chi connectivity index (χ1) is 8.92. The maximum absolute atomic E-state index is 11.4. The number of hydrogen-bond acceptors (Lipinski definition) is 7. The van der Waals surface area contributed by atoms with Gasteiger partial charge in [0.15, 0.2) is 0 Å². The van der Waals surface area contributed by atoms with Crippen molar-refractivity contribution in [3.05, 3.63) is 0 Å². The van der Waals surface area contributed by atoms with E-state index in [1.165, 1.54) is 6.92 Å². The van der Waals surface area contributed by atoms with E-state index in [2.05, 4.69) is 4.74 Å². The Hall–Kier alpha value is -1.04. The van der Waals surface area contributed by atoms with Gasteiger partial charge in [0.2, 0.25) is 6.10 Å². The van der Waals surface area contributed by atoms with Gasteiger partial charge in [0.1, 0.15) is 6.61 Å². The number of carbonyl (C=O) groups excluding carboxylic acids is 2. The van der Waals surface area contributed by atoms with Gasteiger partial charge in [-0.2, -0.15) is 0 Å². The Morgan fingerprint density at radius 3 is 2.11 bits per heavy atom. The van der Waals surface area contributed by atoms with E-state index in [0.29, 0.717) is 0 Å². The van der Waals surface area contributed by atoms with Crippen molar-refractivity contribution in [2.24, 2.45) is 5.92 Å². The number of carbonyl (C=O) groups is 2. The molecule has 0 fully saturated rings. The lowest BCUT2D eigenvalue weighted by atomic mass is 10.2. The van der Waals surface area contributed by atoms with Crippen molar-refractivity contribution in [3.63, 3.8) is 0 Å². The fourth-order valence-corrected chi connectivity index (χ4v) is 1.74. The van der Waals surface area contributed by atoms with Gasteiger partial charge in [0, 0.05) is 4.57 Å². The van der Waals surface area contributed by atoms with Crippen LogP contribution < -0.4 is 0 Å². The lowest BCUT2D eigenvalue weighted by Crippen LogP contribution is -2.22. The molecule has 19 heavy (non-hydrogen) atoms. The van der Waals surface area contributed by atoms with E-state index >= 15 is 0 Å². The molecular weight excluding hydrogens is 275 g/mol. The summed E-state index contributed by atoms with van der Waals surface area (Å²) in [6, 6.07) is 0. The van der Waals surface area contributed by atoms with E-state index in [1.807, 2.05) is 0 Å². The van der Waals surface area contributed by atoms with Gasteiger partial charge in [0.05, 0.1) is 19.1 Å².